The Hall–Kier alpha value is -2.04. The molecule has 0 spiro atoms. The Labute approximate surface area is 138 Å². The summed E-state index contributed by atoms with van der Waals surface area (Å²) < 4.78 is 1.92. The molecule has 0 aliphatic carbocycles. The largest absolute Gasteiger partial charge is 0.378 e. The van der Waals surface area contributed by atoms with E-state index in [0.717, 1.165) is 30.3 Å². The van der Waals surface area contributed by atoms with Crippen LogP contribution in [0.25, 0.3) is 0 Å². The monoisotopic (exact) mass is 313 g/mol. The first-order chi connectivity index (χ1) is 11.0. The maximum atomic E-state index is 4.73. The van der Waals surface area contributed by atoms with Crippen molar-refractivity contribution in [3.8, 4) is 0 Å². The van der Waals surface area contributed by atoms with Gasteiger partial charge in [-0.25, -0.2) is 4.98 Å². The number of nitrogens with zero attached hydrogens (tertiary/aromatic N) is 4. The molecule has 5 nitrogen and oxygen atoms in total. The third-order valence-electron chi connectivity index (χ3n) is 4.70. The maximum Gasteiger partial charge on any atom is 0.131 e. The van der Waals surface area contributed by atoms with Crippen molar-refractivity contribution in [3.63, 3.8) is 0 Å². The van der Waals surface area contributed by atoms with E-state index in [1.54, 1.807) is 0 Å². The molecule has 0 aromatic carbocycles. The minimum Gasteiger partial charge on any atom is -0.378 e. The van der Waals surface area contributed by atoms with Crippen LogP contribution in [0.3, 0.4) is 0 Å². The van der Waals surface area contributed by atoms with E-state index < -0.39 is 0 Å². The zero-order valence-corrected chi connectivity index (χ0v) is 14.6. The van der Waals surface area contributed by atoms with Crippen molar-refractivity contribution in [2.24, 2.45) is 7.05 Å². The number of nitrogens with one attached hydrogen (secondary N) is 1. The molecule has 0 bridgehead atoms. The zero-order chi connectivity index (χ0) is 16.4. The van der Waals surface area contributed by atoms with Crippen molar-refractivity contribution in [2.45, 2.75) is 52.6 Å². The van der Waals surface area contributed by atoms with Gasteiger partial charge in [-0.3, -0.25) is 4.68 Å². The highest BCUT2D eigenvalue weighted by molar-refractivity contribution is 5.55. The molecule has 124 valence electrons. The summed E-state index contributed by atoms with van der Waals surface area (Å²) in [6, 6.07) is 4.90. The fourth-order valence-corrected chi connectivity index (χ4v) is 3.40. The molecule has 23 heavy (non-hydrogen) atoms. The molecule has 1 aliphatic rings. The number of aryl methyl sites for hydroxylation is 3. The van der Waals surface area contributed by atoms with E-state index >= 15 is 0 Å². The van der Waals surface area contributed by atoms with Crippen molar-refractivity contribution in [1.29, 1.82) is 0 Å². The highest BCUT2D eigenvalue weighted by Crippen LogP contribution is 2.27. The number of anilines is 2. The fourth-order valence-electron chi connectivity index (χ4n) is 3.40. The first-order valence-electron chi connectivity index (χ1n) is 8.51. The van der Waals surface area contributed by atoms with Crippen molar-refractivity contribution >= 4 is 11.5 Å². The Kier molecular flexibility index (Phi) is 4.55. The Balaban J connectivity index is 1.70. The molecular weight excluding hydrogens is 286 g/mol. The number of hydrogen-bond donors (Lipinski definition) is 1. The van der Waals surface area contributed by atoms with Crippen LogP contribution in [0, 0.1) is 13.8 Å². The molecule has 3 heterocycles. The third-order valence-corrected chi connectivity index (χ3v) is 4.70. The smallest absolute Gasteiger partial charge is 0.131 e. The summed E-state index contributed by atoms with van der Waals surface area (Å²) in [5.74, 6) is 1.14. The van der Waals surface area contributed by atoms with Crippen LogP contribution in [-0.2, 0) is 13.6 Å². The summed E-state index contributed by atoms with van der Waals surface area (Å²) in [6.07, 6.45) is 5.82. The molecular formula is C18H27N5. The Morgan fingerprint density at radius 3 is 2.74 bits per heavy atom. The Morgan fingerprint density at radius 1 is 1.26 bits per heavy atom. The zero-order valence-electron chi connectivity index (χ0n) is 14.6. The van der Waals surface area contributed by atoms with Gasteiger partial charge in [0, 0.05) is 19.6 Å². The summed E-state index contributed by atoms with van der Waals surface area (Å²) in [5, 5.41) is 7.83. The molecule has 0 amide bonds. The van der Waals surface area contributed by atoms with E-state index in [1.807, 2.05) is 24.9 Å². The lowest BCUT2D eigenvalue weighted by Gasteiger charge is -2.35. The average molecular weight is 313 g/mol. The second kappa shape index (κ2) is 6.60. The van der Waals surface area contributed by atoms with Gasteiger partial charge in [-0.15, -0.1) is 0 Å². The molecule has 1 atom stereocenters. The van der Waals surface area contributed by atoms with Crippen LogP contribution in [0.5, 0.6) is 0 Å². The van der Waals surface area contributed by atoms with Crippen LogP contribution >= 0.6 is 0 Å². The van der Waals surface area contributed by atoms with Crippen molar-refractivity contribution in [2.75, 3.05) is 16.8 Å². The lowest BCUT2D eigenvalue weighted by molar-refractivity contribution is 0.480. The summed E-state index contributed by atoms with van der Waals surface area (Å²) in [4.78, 5) is 7.18. The molecule has 1 unspecified atom stereocenters. The Bertz CT molecular complexity index is 676. The first kappa shape index (κ1) is 15.8. The molecule has 2 aromatic rings. The van der Waals surface area contributed by atoms with Gasteiger partial charge in [0.2, 0.25) is 0 Å². The molecule has 0 radical (unpaired) electrons. The molecule has 3 rings (SSSR count). The van der Waals surface area contributed by atoms with Crippen LogP contribution < -0.4 is 10.2 Å². The predicted octanol–water partition coefficient (Wildman–Crippen LogP) is 3.42. The molecule has 1 N–H and O–H groups in total. The number of rotatable bonds is 4. The van der Waals surface area contributed by atoms with Crippen LogP contribution in [-0.4, -0.2) is 27.4 Å². The van der Waals surface area contributed by atoms with Gasteiger partial charge in [0.05, 0.1) is 29.8 Å². The van der Waals surface area contributed by atoms with Gasteiger partial charge in [-0.1, -0.05) is 0 Å². The van der Waals surface area contributed by atoms with Gasteiger partial charge in [0.25, 0.3) is 0 Å². The van der Waals surface area contributed by atoms with Crippen LogP contribution in [0.4, 0.5) is 11.5 Å². The van der Waals surface area contributed by atoms with Crippen molar-refractivity contribution in [3.05, 3.63) is 35.3 Å². The van der Waals surface area contributed by atoms with Gasteiger partial charge >= 0.3 is 0 Å². The lowest BCUT2D eigenvalue weighted by Crippen LogP contribution is -2.38. The highest BCUT2D eigenvalue weighted by Gasteiger charge is 2.21. The molecule has 1 saturated heterocycles. The van der Waals surface area contributed by atoms with E-state index in [4.69, 9.17) is 4.98 Å². The van der Waals surface area contributed by atoms with Gasteiger partial charge in [-0.05, 0) is 57.7 Å². The topological polar surface area (TPSA) is 46.0 Å². The van der Waals surface area contributed by atoms with Crippen LogP contribution in [0.2, 0.25) is 0 Å². The lowest BCUT2D eigenvalue weighted by atomic mass is 10.0. The summed E-state index contributed by atoms with van der Waals surface area (Å²) in [6.45, 7) is 8.36. The summed E-state index contributed by atoms with van der Waals surface area (Å²) in [7, 11) is 1.98. The first-order valence-corrected chi connectivity index (χ1v) is 8.51. The minimum absolute atomic E-state index is 0.589. The highest BCUT2D eigenvalue weighted by atomic mass is 15.3. The number of hydrogen-bond acceptors (Lipinski definition) is 4. The van der Waals surface area contributed by atoms with Gasteiger partial charge in [0.1, 0.15) is 5.82 Å². The average Bonchev–Trinajstić information content (AvgIpc) is 2.84. The normalized spacial score (nSPS) is 18.3. The number of pyridine rings is 1. The van der Waals surface area contributed by atoms with E-state index in [0.29, 0.717) is 6.04 Å². The molecule has 0 saturated carbocycles. The van der Waals surface area contributed by atoms with E-state index in [1.165, 1.54) is 30.5 Å². The Morgan fingerprint density at radius 2 is 2.09 bits per heavy atom. The number of piperidine rings is 1. The van der Waals surface area contributed by atoms with Gasteiger partial charge in [0.15, 0.2) is 0 Å². The quantitative estimate of drug-likeness (QED) is 0.939. The second-order valence-electron chi connectivity index (χ2n) is 6.66. The molecule has 2 aromatic heterocycles. The predicted molar refractivity (Wildman–Crippen MR) is 94.9 cm³/mol. The minimum atomic E-state index is 0.589. The van der Waals surface area contributed by atoms with Crippen molar-refractivity contribution < 1.29 is 0 Å². The SMILES string of the molecule is Cc1cc(CNc2cnc(N3CCCCC3C)c(C)c2)n(C)n1. The summed E-state index contributed by atoms with van der Waals surface area (Å²) in [5.41, 5.74) is 4.53. The van der Waals surface area contributed by atoms with E-state index in [2.05, 4.69) is 41.3 Å². The molecule has 5 heteroatoms. The number of aromatic nitrogens is 3. The van der Waals surface area contributed by atoms with Gasteiger partial charge in [-0.2, -0.15) is 5.10 Å². The molecule has 1 aliphatic heterocycles. The second-order valence-corrected chi connectivity index (χ2v) is 6.66. The van der Waals surface area contributed by atoms with Crippen molar-refractivity contribution in [1.82, 2.24) is 14.8 Å². The maximum absolute atomic E-state index is 4.73. The van der Waals surface area contributed by atoms with Gasteiger partial charge < -0.3 is 10.2 Å². The third kappa shape index (κ3) is 3.49. The fraction of sp³-hybridized carbons (Fsp3) is 0.556. The molecule has 1 fully saturated rings. The van der Waals surface area contributed by atoms with Crippen LogP contribution in [0.15, 0.2) is 18.3 Å². The van der Waals surface area contributed by atoms with Crippen LogP contribution in [0.1, 0.15) is 43.1 Å². The van der Waals surface area contributed by atoms with E-state index in [-0.39, 0.29) is 0 Å². The standard InChI is InChI=1S/C18H27N5/c1-13-9-16(19-12-17-10-14(2)21-22(17)4)11-20-18(13)23-8-6-5-7-15(23)3/h9-11,15,19H,5-8,12H2,1-4H3. The summed E-state index contributed by atoms with van der Waals surface area (Å²) >= 11 is 0. The van der Waals surface area contributed by atoms with E-state index in [9.17, 15) is 0 Å².